The Balaban J connectivity index is 2.09. The summed E-state index contributed by atoms with van der Waals surface area (Å²) in [5.74, 6) is -0.0909. The molecule has 1 aromatic heterocycles. The van der Waals surface area contributed by atoms with Crippen LogP contribution in [0, 0.1) is 6.92 Å². The highest BCUT2D eigenvalue weighted by Crippen LogP contribution is 2.19. The lowest BCUT2D eigenvalue weighted by molar-refractivity contribution is -0.117. The SMILES string of the molecule is Cc1noc(NC(=O)C(C)c2cccc(N)c2)n1. The Kier molecular flexibility index (Phi) is 3.27. The average molecular weight is 246 g/mol. The van der Waals surface area contributed by atoms with Gasteiger partial charge < -0.3 is 10.3 Å². The van der Waals surface area contributed by atoms with Crippen molar-refractivity contribution in [1.29, 1.82) is 0 Å². The van der Waals surface area contributed by atoms with Crippen LogP contribution in [0.3, 0.4) is 0 Å². The van der Waals surface area contributed by atoms with Crippen molar-refractivity contribution in [1.82, 2.24) is 10.1 Å². The van der Waals surface area contributed by atoms with Gasteiger partial charge >= 0.3 is 6.01 Å². The zero-order valence-electron chi connectivity index (χ0n) is 10.2. The number of amides is 1. The Hall–Kier alpha value is -2.37. The van der Waals surface area contributed by atoms with Crippen molar-refractivity contribution in [2.75, 3.05) is 11.1 Å². The van der Waals surface area contributed by atoms with Gasteiger partial charge in [0.1, 0.15) is 0 Å². The minimum atomic E-state index is -0.347. The summed E-state index contributed by atoms with van der Waals surface area (Å²) in [6, 6.07) is 7.30. The number of nitrogens with one attached hydrogen (secondary N) is 1. The summed E-state index contributed by atoms with van der Waals surface area (Å²) in [7, 11) is 0. The van der Waals surface area contributed by atoms with Crippen LogP contribution in [0.25, 0.3) is 0 Å². The second-order valence-electron chi connectivity index (χ2n) is 4.03. The van der Waals surface area contributed by atoms with E-state index in [4.69, 9.17) is 10.3 Å². The summed E-state index contributed by atoms with van der Waals surface area (Å²) in [5.41, 5.74) is 7.14. The molecule has 18 heavy (non-hydrogen) atoms. The van der Waals surface area contributed by atoms with Gasteiger partial charge in [-0.15, -0.1) is 0 Å². The summed E-state index contributed by atoms with van der Waals surface area (Å²) in [6.45, 7) is 3.47. The van der Waals surface area contributed by atoms with Crippen LogP contribution < -0.4 is 11.1 Å². The third kappa shape index (κ3) is 2.65. The first-order valence-electron chi connectivity index (χ1n) is 5.53. The van der Waals surface area contributed by atoms with Crippen LogP contribution in [0.5, 0.6) is 0 Å². The summed E-state index contributed by atoms with van der Waals surface area (Å²) >= 11 is 0. The second-order valence-corrected chi connectivity index (χ2v) is 4.03. The largest absolute Gasteiger partial charge is 0.399 e. The summed E-state index contributed by atoms with van der Waals surface area (Å²) in [4.78, 5) is 15.9. The van der Waals surface area contributed by atoms with Gasteiger partial charge in [0.2, 0.25) is 5.91 Å². The Morgan fingerprint density at radius 2 is 2.28 bits per heavy atom. The van der Waals surface area contributed by atoms with E-state index in [9.17, 15) is 4.79 Å². The third-order valence-corrected chi connectivity index (χ3v) is 2.56. The highest BCUT2D eigenvalue weighted by molar-refractivity contribution is 5.94. The van der Waals surface area contributed by atoms with E-state index in [0.29, 0.717) is 11.5 Å². The van der Waals surface area contributed by atoms with Gasteiger partial charge in [-0.3, -0.25) is 10.1 Å². The highest BCUT2D eigenvalue weighted by atomic mass is 16.5. The molecule has 0 spiro atoms. The van der Waals surface area contributed by atoms with Crippen LogP contribution in [0.15, 0.2) is 28.8 Å². The summed E-state index contributed by atoms with van der Waals surface area (Å²) in [5, 5.41) is 6.16. The molecule has 1 atom stereocenters. The molecular formula is C12H14N4O2. The molecule has 3 N–H and O–H groups in total. The van der Waals surface area contributed by atoms with Gasteiger partial charge in [0.15, 0.2) is 5.82 Å². The molecule has 6 heteroatoms. The van der Waals surface area contributed by atoms with Crippen LogP contribution in [0.2, 0.25) is 0 Å². The molecule has 94 valence electrons. The Morgan fingerprint density at radius 3 is 2.89 bits per heavy atom. The average Bonchev–Trinajstić information content (AvgIpc) is 2.73. The third-order valence-electron chi connectivity index (χ3n) is 2.56. The van der Waals surface area contributed by atoms with Crippen molar-refractivity contribution < 1.29 is 9.32 Å². The molecule has 2 rings (SSSR count). The fourth-order valence-electron chi connectivity index (χ4n) is 1.54. The van der Waals surface area contributed by atoms with Gasteiger partial charge in [0.05, 0.1) is 5.92 Å². The minimum Gasteiger partial charge on any atom is -0.399 e. The molecule has 0 aliphatic rings. The first-order chi connectivity index (χ1) is 8.56. The standard InChI is InChI=1S/C12H14N4O2/c1-7(9-4-3-5-10(13)6-9)11(17)15-12-14-8(2)16-18-12/h3-7H,13H2,1-2H3,(H,14,15,16,17). The minimum absolute atomic E-state index is 0.105. The number of carbonyl (C=O) groups is 1. The number of rotatable bonds is 3. The molecule has 0 saturated heterocycles. The topological polar surface area (TPSA) is 94.0 Å². The highest BCUT2D eigenvalue weighted by Gasteiger charge is 2.17. The zero-order valence-corrected chi connectivity index (χ0v) is 10.2. The van der Waals surface area contributed by atoms with Gasteiger partial charge in [-0.2, -0.15) is 4.98 Å². The predicted molar refractivity (Wildman–Crippen MR) is 66.9 cm³/mol. The molecule has 1 heterocycles. The van der Waals surface area contributed by atoms with E-state index in [0.717, 1.165) is 5.56 Å². The first kappa shape index (κ1) is 12.1. The number of nitrogens with zero attached hydrogens (tertiary/aromatic N) is 2. The molecule has 1 amide bonds. The Morgan fingerprint density at radius 1 is 1.50 bits per heavy atom. The molecule has 0 radical (unpaired) electrons. The smallest absolute Gasteiger partial charge is 0.328 e. The number of hydrogen-bond acceptors (Lipinski definition) is 5. The van der Waals surface area contributed by atoms with Gasteiger partial charge in [-0.05, 0) is 31.5 Å². The number of nitrogens with two attached hydrogens (primary N) is 1. The van der Waals surface area contributed by atoms with E-state index < -0.39 is 0 Å². The lowest BCUT2D eigenvalue weighted by Gasteiger charge is -2.10. The van der Waals surface area contributed by atoms with Crippen molar-refractivity contribution in [3.63, 3.8) is 0 Å². The summed E-state index contributed by atoms with van der Waals surface area (Å²) in [6.07, 6.45) is 0. The van der Waals surface area contributed by atoms with Crippen LogP contribution in [-0.2, 0) is 4.79 Å². The van der Waals surface area contributed by atoms with E-state index >= 15 is 0 Å². The molecule has 0 saturated carbocycles. The van der Waals surface area contributed by atoms with E-state index in [1.54, 1.807) is 26.0 Å². The van der Waals surface area contributed by atoms with Gasteiger partial charge in [0.25, 0.3) is 0 Å². The molecule has 0 bridgehead atoms. The van der Waals surface area contributed by atoms with Crippen LogP contribution >= 0.6 is 0 Å². The van der Waals surface area contributed by atoms with E-state index in [1.807, 2.05) is 12.1 Å². The Labute approximate surface area is 104 Å². The molecular weight excluding hydrogens is 232 g/mol. The molecule has 1 unspecified atom stereocenters. The van der Waals surface area contributed by atoms with Crippen molar-refractivity contribution >= 4 is 17.6 Å². The number of aryl methyl sites for hydroxylation is 1. The van der Waals surface area contributed by atoms with Crippen molar-refractivity contribution in [3.05, 3.63) is 35.7 Å². The number of hydrogen-bond donors (Lipinski definition) is 2. The van der Waals surface area contributed by atoms with Gasteiger partial charge in [-0.25, -0.2) is 0 Å². The normalized spacial score (nSPS) is 12.1. The number of anilines is 2. The fraction of sp³-hybridized carbons (Fsp3) is 0.250. The second kappa shape index (κ2) is 4.87. The van der Waals surface area contributed by atoms with Crippen LogP contribution in [-0.4, -0.2) is 16.0 Å². The van der Waals surface area contributed by atoms with E-state index in [-0.39, 0.29) is 17.8 Å². The number of carbonyl (C=O) groups excluding carboxylic acids is 1. The van der Waals surface area contributed by atoms with Crippen molar-refractivity contribution in [2.24, 2.45) is 0 Å². The molecule has 0 aliphatic heterocycles. The predicted octanol–water partition coefficient (Wildman–Crippen LogP) is 1.70. The maximum Gasteiger partial charge on any atom is 0.328 e. The lowest BCUT2D eigenvalue weighted by atomic mass is 10.00. The molecule has 6 nitrogen and oxygen atoms in total. The monoisotopic (exact) mass is 246 g/mol. The zero-order chi connectivity index (χ0) is 13.1. The lowest BCUT2D eigenvalue weighted by Crippen LogP contribution is -2.19. The number of nitrogen functional groups attached to an aromatic ring is 1. The maximum atomic E-state index is 12.0. The number of benzene rings is 1. The molecule has 2 aromatic rings. The molecule has 1 aromatic carbocycles. The summed E-state index contributed by atoms with van der Waals surface area (Å²) < 4.78 is 4.83. The Bertz CT molecular complexity index is 565. The van der Waals surface area contributed by atoms with Crippen LogP contribution in [0.1, 0.15) is 24.2 Å². The van der Waals surface area contributed by atoms with Crippen molar-refractivity contribution in [3.8, 4) is 0 Å². The fourth-order valence-corrected chi connectivity index (χ4v) is 1.54. The van der Waals surface area contributed by atoms with E-state index in [1.165, 1.54) is 0 Å². The quantitative estimate of drug-likeness (QED) is 0.804. The van der Waals surface area contributed by atoms with Crippen LogP contribution in [0.4, 0.5) is 11.7 Å². The first-order valence-corrected chi connectivity index (χ1v) is 5.53. The van der Waals surface area contributed by atoms with E-state index in [2.05, 4.69) is 15.5 Å². The molecule has 0 aliphatic carbocycles. The number of aromatic nitrogens is 2. The molecule has 0 fully saturated rings. The van der Waals surface area contributed by atoms with Gasteiger partial charge in [0, 0.05) is 5.69 Å². The van der Waals surface area contributed by atoms with Crippen molar-refractivity contribution in [2.45, 2.75) is 19.8 Å². The maximum absolute atomic E-state index is 12.0. The van der Waals surface area contributed by atoms with Gasteiger partial charge in [-0.1, -0.05) is 17.3 Å².